The molecule has 0 amide bonds. The van der Waals surface area contributed by atoms with Crippen molar-refractivity contribution in [2.24, 2.45) is 0 Å². The van der Waals surface area contributed by atoms with Gasteiger partial charge in [-0.25, -0.2) is 29.9 Å². The van der Waals surface area contributed by atoms with Gasteiger partial charge in [0.25, 0.3) is 0 Å². The Morgan fingerprint density at radius 3 is 1.26 bits per heavy atom. The molecule has 0 saturated heterocycles. The van der Waals surface area contributed by atoms with Gasteiger partial charge in [0.2, 0.25) is 0 Å². The summed E-state index contributed by atoms with van der Waals surface area (Å²) in [5.74, 6) is 3.53. The van der Waals surface area contributed by atoms with E-state index in [-0.39, 0.29) is 0 Å². The lowest BCUT2D eigenvalue weighted by Crippen LogP contribution is -2.00. The van der Waals surface area contributed by atoms with Gasteiger partial charge >= 0.3 is 0 Å². The van der Waals surface area contributed by atoms with Crippen molar-refractivity contribution >= 4 is 43.7 Å². The Hall–Kier alpha value is -8.62. The number of hydrogen-bond acceptors (Lipinski definition) is 7. The molecule has 8 aromatic carbocycles. The molecule has 0 spiro atoms. The molecule has 8 heteroatoms. The normalized spacial score (nSPS) is 11.5. The number of para-hydroxylation sites is 2. The number of hydrogen-bond donors (Lipinski definition) is 0. The molecule has 4 heterocycles. The lowest BCUT2D eigenvalue weighted by Gasteiger charge is -2.10. The Balaban J connectivity index is 0.980. The summed E-state index contributed by atoms with van der Waals surface area (Å²) in [6.45, 7) is 0. The van der Waals surface area contributed by atoms with E-state index >= 15 is 0 Å². The molecule has 0 bridgehead atoms. The summed E-state index contributed by atoms with van der Waals surface area (Å²) < 4.78 is 8.82. The minimum absolute atomic E-state index is 0.564. The second-order valence-electron chi connectivity index (χ2n) is 15.2. The largest absolute Gasteiger partial charge is 0.456 e. The van der Waals surface area contributed by atoms with Crippen LogP contribution < -0.4 is 0 Å². The average molecular weight is 796 g/mol. The zero-order chi connectivity index (χ0) is 41.0. The third-order valence-corrected chi connectivity index (χ3v) is 11.3. The van der Waals surface area contributed by atoms with E-state index in [0.29, 0.717) is 34.9 Å². The molecule has 0 radical (unpaired) electrons. The molecule has 12 rings (SSSR count). The van der Waals surface area contributed by atoms with E-state index in [1.807, 2.05) is 121 Å². The molecule has 0 N–H and O–H groups in total. The first-order chi connectivity index (χ1) is 30.7. The zero-order valence-corrected chi connectivity index (χ0v) is 33.1. The second-order valence-corrected chi connectivity index (χ2v) is 15.2. The third kappa shape index (κ3) is 6.17. The summed E-state index contributed by atoms with van der Waals surface area (Å²) in [6.07, 6.45) is 0. The summed E-state index contributed by atoms with van der Waals surface area (Å²) in [5, 5.41) is 4.26. The highest BCUT2D eigenvalue weighted by Crippen LogP contribution is 2.37. The molecule has 0 aliphatic carbocycles. The zero-order valence-electron chi connectivity index (χ0n) is 33.1. The molecule has 0 aliphatic rings. The summed E-state index contributed by atoms with van der Waals surface area (Å²) in [6, 6.07) is 67.7. The van der Waals surface area contributed by atoms with E-state index in [2.05, 4.69) is 83.4 Å². The highest BCUT2D eigenvalue weighted by molar-refractivity contribution is 6.10. The van der Waals surface area contributed by atoms with Gasteiger partial charge in [0, 0.05) is 60.6 Å². The van der Waals surface area contributed by atoms with E-state index in [1.165, 1.54) is 5.39 Å². The summed E-state index contributed by atoms with van der Waals surface area (Å²) >= 11 is 0. The molecule has 62 heavy (non-hydrogen) atoms. The standard InChI is InChI=1S/C54H33N7O/c1-5-15-34(16-6-1)49-55-50(35-17-7-2-8-18-35)59-54(58-49)39-26-29-43-44-31-37(27-30-47(44)62-48(43)33-39)52-56-51(36-19-9-3-10-20-36)57-53(60-52)38-25-28-42-41-23-13-14-24-45(41)61(46(42)32-38)40-21-11-4-12-22-40/h1-33H. The van der Waals surface area contributed by atoms with Crippen molar-refractivity contribution < 1.29 is 4.42 Å². The predicted octanol–water partition coefficient (Wildman–Crippen LogP) is 13.1. The van der Waals surface area contributed by atoms with Gasteiger partial charge in [0.15, 0.2) is 34.9 Å². The Bertz CT molecular complexity index is 3570. The number of nitrogens with zero attached hydrogens (tertiary/aromatic N) is 7. The van der Waals surface area contributed by atoms with Gasteiger partial charge in [-0.2, -0.15) is 0 Å². The van der Waals surface area contributed by atoms with Crippen molar-refractivity contribution in [1.82, 2.24) is 34.5 Å². The van der Waals surface area contributed by atoms with E-state index in [1.54, 1.807) is 0 Å². The first-order valence-corrected chi connectivity index (χ1v) is 20.4. The van der Waals surface area contributed by atoms with Crippen molar-refractivity contribution in [3.05, 3.63) is 200 Å². The van der Waals surface area contributed by atoms with Crippen molar-refractivity contribution in [1.29, 1.82) is 0 Å². The van der Waals surface area contributed by atoms with Crippen LogP contribution in [0.4, 0.5) is 0 Å². The van der Waals surface area contributed by atoms with Crippen LogP contribution in [0.2, 0.25) is 0 Å². The smallest absolute Gasteiger partial charge is 0.164 e. The van der Waals surface area contributed by atoms with Crippen LogP contribution in [0, 0.1) is 0 Å². The minimum Gasteiger partial charge on any atom is -0.456 e. The topological polar surface area (TPSA) is 95.4 Å². The SMILES string of the molecule is c1ccc(-c2nc(-c3ccccc3)nc(-c3ccc4c(c3)oc3ccc(-c5nc(-c6ccccc6)nc(-c6ccc7c8ccccc8n(-c8ccccc8)c7c6)n5)cc34)n2)cc1. The van der Waals surface area contributed by atoms with Gasteiger partial charge in [-0.3, -0.25) is 0 Å². The van der Waals surface area contributed by atoms with Gasteiger partial charge in [-0.05, 0) is 54.6 Å². The maximum absolute atomic E-state index is 6.51. The van der Waals surface area contributed by atoms with Crippen LogP contribution in [-0.4, -0.2) is 34.5 Å². The Morgan fingerprint density at radius 2 is 0.694 bits per heavy atom. The van der Waals surface area contributed by atoms with Crippen LogP contribution in [-0.2, 0) is 0 Å². The lowest BCUT2D eigenvalue weighted by molar-refractivity contribution is 0.669. The van der Waals surface area contributed by atoms with Gasteiger partial charge < -0.3 is 8.98 Å². The fraction of sp³-hybridized carbons (Fsp3) is 0. The molecule has 4 aromatic heterocycles. The second kappa shape index (κ2) is 14.6. The highest BCUT2D eigenvalue weighted by atomic mass is 16.3. The van der Waals surface area contributed by atoms with Crippen LogP contribution in [0.3, 0.4) is 0 Å². The molecule has 0 aliphatic heterocycles. The molecule has 0 unspecified atom stereocenters. The first-order valence-electron chi connectivity index (χ1n) is 20.4. The van der Waals surface area contributed by atoms with E-state index in [4.69, 9.17) is 34.3 Å². The molecule has 8 nitrogen and oxygen atoms in total. The minimum atomic E-state index is 0.564. The maximum Gasteiger partial charge on any atom is 0.164 e. The first kappa shape index (κ1) is 35.3. The number of fused-ring (bicyclic) bond motifs is 6. The molecule has 290 valence electrons. The Labute approximate surface area is 355 Å². The predicted molar refractivity (Wildman–Crippen MR) is 247 cm³/mol. The highest BCUT2D eigenvalue weighted by Gasteiger charge is 2.19. The fourth-order valence-electron chi connectivity index (χ4n) is 8.31. The van der Waals surface area contributed by atoms with E-state index < -0.39 is 0 Å². The van der Waals surface area contributed by atoms with Crippen LogP contribution in [0.25, 0.3) is 118 Å². The Kier molecular flexibility index (Phi) is 8.31. The quantitative estimate of drug-likeness (QED) is 0.158. The number of benzene rings is 8. The van der Waals surface area contributed by atoms with Crippen LogP contribution in [0.5, 0.6) is 0 Å². The number of aromatic nitrogens is 7. The van der Waals surface area contributed by atoms with Crippen LogP contribution in [0.1, 0.15) is 0 Å². The monoisotopic (exact) mass is 795 g/mol. The summed E-state index contributed by atoms with van der Waals surface area (Å²) in [4.78, 5) is 30.1. The van der Waals surface area contributed by atoms with Crippen molar-refractivity contribution in [3.63, 3.8) is 0 Å². The Morgan fingerprint density at radius 1 is 0.274 bits per heavy atom. The van der Waals surface area contributed by atoms with Gasteiger partial charge in [0.05, 0.1) is 11.0 Å². The molecule has 12 aromatic rings. The summed E-state index contributed by atoms with van der Waals surface area (Å²) in [7, 11) is 0. The molecule has 0 saturated carbocycles. The molecular formula is C54H33N7O. The molecule has 0 atom stereocenters. The lowest BCUT2D eigenvalue weighted by atomic mass is 10.1. The van der Waals surface area contributed by atoms with E-state index in [9.17, 15) is 0 Å². The van der Waals surface area contributed by atoms with Crippen LogP contribution in [0.15, 0.2) is 205 Å². The molecular weight excluding hydrogens is 763 g/mol. The van der Waals surface area contributed by atoms with Gasteiger partial charge in [-0.15, -0.1) is 0 Å². The number of rotatable bonds is 7. The fourth-order valence-corrected chi connectivity index (χ4v) is 8.31. The third-order valence-electron chi connectivity index (χ3n) is 11.3. The van der Waals surface area contributed by atoms with Crippen molar-refractivity contribution in [2.75, 3.05) is 0 Å². The van der Waals surface area contributed by atoms with Gasteiger partial charge in [-0.1, -0.05) is 146 Å². The van der Waals surface area contributed by atoms with E-state index in [0.717, 1.165) is 77.4 Å². The van der Waals surface area contributed by atoms with Crippen LogP contribution >= 0.6 is 0 Å². The average Bonchev–Trinajstić information content (AvgIpc) is 3.89. The summed E-state index contributed by atoms with van der Waals surface area (Å²) in [5.41, 5.74) is 10.1. The van der Waals surface area contributed by atoms with Crippen molar-refractivity contribution in [3.8, 4) is 74.0 Å². The maximum atomic E-state index is 6.51. The van der Waals surface area contributed by atoms with Gasteiger partial charge in [0.1, 0.15) is 11.2 Å². The van der Waals surface area contributed by atoms with Crippen molar-refractivity contribution in [2.45, 2.75) is 0 Å². The number of furan rings is 1. The molecule has 0 fully saturated rings.